The Bertz CT molecular complexity index is 389. The first-order valence-corrected chi connectivity index (χ1v) is 5.09. The number of rotatable bonds is 0. The van der Waals surface area contributed by atoms with Crippen molar-refractivity contribution in [1.82, 2.24) is 5.28 Å². The molecule has 0 atom stereocenters. The smallest absolute Gasteiger partial charge is 0.1000 e. The summed E-state index contributed by atoms with van der Waals surface area (Å²) in [5.74, 6) is 0. The average molecular weight is 228 g/mol. The van der Waals surface area contributed by atoms with E-state index in [0.29, 0.717) is 0 Å². The van der Waals surface area contributed by atoms with Crippen LogP contribution in [0.5, 0.6) is 0 Å². The third-order valence-electron chi connectivity index (χ3n) is 2.45. The molecule has 0 aromatic heterocycles. The molecule has 1 heterocycles. The van der Waals surface area contributed by atoms with Crippen LogP contribution in [0, 0.1) is 0 Å². The van der Waals surface area contributed by atoms with Crippen molar-refractivity contribution in [3.8, 4) is 0 Å². The van der Waals surface area contributed by atoms with Gasteiger partial charge >= 0.3 is 0 Å². The molecule has 2 N–H and O–H groups in total. The van der Waals surface area contributed by atoms with Gasteiger partial charge < -0.3 is 0 Å². The zero-order chi connectivity index (χ0) is 11.2. The molecular formula is C10H14ClN3O. The summed E-state index contributed by atoms with van der Waals surface area (Å²) in [7, 11) is 0. The summed E-state index contributed by atoms with van der Waals surface area (Å²) >= 11 is 5.86. The molecule has 1 aliphatic heterocycles. The molecule has 0 aliphatic carbocycles. The van der Waals surface area contributed by atoms with Crippen LogP contribution in [0.2, 0.25) is 0 Å². The topological polar surface area (TPSA) is 38.7 Å². The Morgan fingerprint density at radius 3 is 2.60 bits per heavy atom. The van der Waals surface area contributed by atoms with Crippen molar-refractivity contribution >= 4 is 23.2 Å². The van der Waals surface area contributed by atoms with E-state index in [4.69, 9.17) is 11.8 Å². The van der Waals surface area contributed by atoms with Gasteiger partial charge in [-0.2, -0.15) is 4.53 Å². The zero-order valence-corrected chi connectivity index (χ0v) is 9.71. The molecule has 1 aromatic rings. The molecule has 0 amide bonds. The van der Waals surface area contributed by atoms with Crippen LogP contribution >= 0.6 is 11.8 Å². The Kier molecular flexibility index (Phi) is 2.30. The lowest BCUT2D eigenvalue weighted by molar-refractivity contribution is -0.0531. The molecule has 0 saturated heterocycles. The van der Waals surface area contributed by atoms with Crippen molar-refractivity contribution in [2.24, 2.45) is 0 Å². The highest BCUT2D eigenvalue weighted by molar-refractivity contribution is 6.26. The molecule has 0 unspecified atom stereocenters. The maximum absolute atomic E-state index is 9.33. The van der Waals surface area contributed by atoms with Crippen LogP contribution in [0.4, 0.5) is 11.4 Å². The van der Waals surface area contributed by atoms with Gasteiger partial charge in [0, 0.05) is 17.1 Å². The first-order valence-electron chi connectivity index (χ1n) is 4.75. The summed E-state index contributed by atoms with van der Waals surface area (Å²) in [6.45, 7) is 6.39. The summed E-state index contributed by atoms with van der Waals surface area (Å²) in [5.41, 5.74) is 5.49. The van der Waals surface area contributed by atoms with Crippen LogP contribution in [0.1, 0.15) is 26.3 Å². The maximum Gasteiger partial charge on any atom is 0.1000 e. The number of nitrogens with one attached hydrogen (secondary N) is 1. The molecule has 0 spiro atoms. The van der Waals surface area contributed by atoms with Crippen LogP contribution < -0.4 is 9.95 Å². The van der Waals surface area contributed by atoms with Crippen molar-refractivity contribution in [3.05, 3.63) is 23.8 Å². The Morgan fingerprint density at radius 2 is 2.00 bits per heavy atom. The van der Waals surface area contributed by atoms with E-state index in [1.807, 2.05) is 18.2 Å². The highest BCUT2D eigenvalue weighted by Gasteiger charge is 2.26. The number of halogens is 1. The van der Waals surface area contributed by atoms with Crippen LogP contribution in [0.25, 0.3) is 0 Å². The number of anilines is 2. The summed E-state index contributed by atoms with van der Waals surface area (Å²) in [6, 6.07) is 5.89. The zero-order valence-electron chi connectivity index (χ0n) is 8.95. The minimum absolute atomic E-state index is 0.0651. The molecule has 5 heteroatoms. The van der Waals surface area contributed by atoms with E-state index >= 15 is 0 Å². The first-order chi connectivity index (χ1) is 6.89. The molecule has 1 aromatic carbocycles. The molecule has 1 aliphatic rings. The molecule has 82 valence electrons. The normalized spacial score (nSPS) is 16.5. The molecule has 0 saturated carbocycles. The fourth-order valence-corrected chi connectivity index (χ4v) is 1.68. The van der Waals surface area contributed by atoms with Crippen LogP contribution in [-0.4, -0.2) is 10.5 Å². The number of benzene rings is 1. The van der Waals surface area contributed by atoms with E-state index < -0.39 is 0 Å². The fraction of sp³-hybridized carbons (Fsp3) is 0.400. The van der Waals surface area contributed by atoms with Crippen molar-refractivity contribution in [2.45, 2.75) is 26.2 Å². The van der Waals surface area contributed by atoms with Gasteiger partial charge in [-0.15, -0.1) is 0 Å². The number of nitrogens with zero attached hydrogens (tertiary/aromatic N) is 2. The Labute approximate surface area is 94.1 Å². The lowest BCUT2D eigenvalue weighted by atomic mass is 9.87. The maximum atomic E-state index is 9.33. The van der Waals surface area contributed by atoms with Crippen molar-refractivity contribution in [3.63, 3.8) is 0 Å². The number of hydrazine groups is 2. The average Bonchev–Trinajstić information content (AvgIpc) is 2.41. The summed E-state index contributed by atoms with van der Waals surface area (Å²) in [5, 5.41) is 10.1. The number of hydrogen-bond donors (Lipinski definition) is 2. The second-order valence-electron chi connectivity index (χ2n) is 4.64. The number of fused-ring (bicyclic) bond motifs is 1. The van der Waals surface area contributed by atoms with E-state index in [9.17, 15) is 5.21 Å². The first kappa shape index (κ1) is 10.5. The standard InChI is InChI=1S/C10H14ClN3O/c1-10(2,3)7-4-5-8-9(6-7)13(11)14(15)12-8/h4-6,12,15H,1-3H3. The summed E-state index contributed by atoms with van der Waals surface area (Å²) in [4.78, 5) is 0. The van der Waals surface area contributed by atoms with Gasteiger partial charge in [-0.1, -0.05) is 26.8 Å². The van der Waals surface area contributed by atoms with E-state index in [2.05, 4.69) is 26.2 Å². The molecule has 4 nitrogen and oxygen atoms in total. The monoisotopic (exact) mass is 227 g/mol. The highest BCUT2D eigenvalue weighted by atomic mass is 35.5. The largest absolute Gasteiger partial charge is 0.275 e. The minimum atomic E-state index is 0.0651. The second-order valence-corrected chi connectivity index (χ2v) is 4.96. The second kappa shape index (κ2) is 3.27. The lowest BCUT2D eigenvalue weighted by Gasteiger charge is -2.20. The SMILES string of the molecule is CC(C)(C)c1ccc2c(c1)N(Cl)N(O)N2. The summed E-state index contributed by atoms with van der Waals surface area (Å²) in [6.07, 6.45) is 0. The molecule has 2 rings (SSSR count). The van der Waals surface area contributed by atoms with E-state index in [-0.39, 0.29) is 5.41 Å². The molecule has 15 heavy (non-hydrogen) atoms. The lowest BCUT2D eigenvalue weighted by Crippen LogP contribution is -2.31. The van der Waals surface area contributed by atoms with Crippen molar-refractivity contribution in [2.75, 3.05) is 9.95 Å². The highest BCUT2D eigenvalue weighted by Crippen LogP contribution is 2.37. The van der Waals surface area contributed by atoms with Gasteiger partial charge in [0.05, 0.1) is 11.4 Å². The van der Waals surface area contributed by atoms with Gasteiger partial charge in [-0.25, -0.2) is 0 Å². The fourth-order valence-electron chi connectivity index (χ4n) is 1.50. The Hall–Kier alpha value is -0.970. The molecular weight excluding hydrogens is 214 g/mol. The van der Waals surface area contributed by atoms with Crippen LogP contribution in [-0.2, 0) is 5.41 Å². The molecule has 0 radical (unpaired) electrons. The van der Waals surface area contributed by atoms with Crippen LogP contribution in [0.15, 0.2) is 18.2 Å². The third kappa shape index (κ3) is 1.76. The van der Waals surface area contributed by atoms with E-state index in [1.165, 1.54) is 5.56 Å². The number of hydrogen-bond acceptors (Lipinski definition) is 4. The predicted octanol–water partition coefficient (Wildman–Crippen LogP) is 2.89. The Balaban J connectivity index is 2.44. The minimum Gasteiger partial charge on any atom is -0.275 e. The molecule has 0 bridgehead atoms. The van der Waals surface area contributed by atoms with Gasteiger partial charge in [0.1, 0.15) is 0 Å². The van der Waals surface area contributed by atoms with Gasteiger partial charge in [-0.05, 0) is 23.1 Å². The van der Waals surface area contributed by atoms with Gasteiger partial charge in [-0.3, -0.25) is 10.6 Å². The van der Waals surface area contributed by atoms with Gasteiger partial charge in [0.2, 0.25) is 0 Å². The summed E-state index contributed by atoms with van der Waals surface area (Å²) < 4.78 is 1.14. The molecule has 0 fully saturated rings. The van der Waals surface area contributed by atoms with Crippen LogP contribution in [0.3, 0.4) is 0 Å². The van der Waals surface area contributed by atoms with Crippen molar-refractivity contribution < 1.29 is 5.21 Å². The van der Waals surface area contributed by atoms with E-state index in [1.54, 1.807) is 0 Å². The third-order valence-corrected chi connectivity index (χ3v) is 2.77. The van der Waals surface area contributed by atoms with Gasteiger partial charge in [0.25, 0.3) is 0 Å². The predicted molar refractivity (Wildman–Crippen MR) is 60.7 cm³/mol. The van der Waals surface area contributed by atoms with E-state index in [0.717, 1.165) is 21.2 Å². The van der Waals surface area contributed by atoms with Gasteiger partial charge in [0.15, 0.2) is 0 Å². The van der Waals surface area contributed by atoms with Crippen molar-refractivity contribution in [1.29, 1.82) is 0 Å². The Morgan fingerprint density at radius 1 is 1.33 bits per heavy atom. The quantitative estimate of drug-likeness (QED) is 0.669.